The van der Waals surface area contributed by atoms with Crippen molar-refractivity contribution < 1.29 is 4.79 Å². The smallest absolute Gasteiger partial charge is 0.222 e. The molecule has 2 rings (SSSR count). The lowest BCUT2D eigenvalue weighted by molar-refractivity contribution is -0.132. The highest BCUT2D eigenvalue weighted by molar-refractivity contribution is 5.76. The molecule has 1 aliphatic heterocycles. The summed E-state index contributed by atoms with van der Waals surface area (Å²) in [6.45, 7) is 2.25. The molecule has 1 unspecified atom stereocenters. The van der Waals surface area contributed by atoms with Crippen molar-refractivity contribution in [1.82, 2.24) is 10.2 Å². The highest BCUT2D eigenvalue weighted by Crippen LogP contribution is 2.23. The van der Waals surface area contributed by atoms with E-state index in [-0.39, 0.29) is 0 Å². The van der Waals surface area contributed by atoms with Crippen LogP contribution in [-0.2, 0) is 4.79 Å². The molecule has 3 heteroatoms. The highest BCUT2D eigenvalue weighted by atomic mass is 16.2. The summed E-state index contributed by atoms with van der Waals surface area (Å²) < 4.78 is 0. The molecule has 0 aromatic carbocycles. The maximum Gasteiger partial charge on any atom is 0.222 e. The van der Waals surface area contributed by atoms with E-state index < -0.39 is 0 Å². The number of nitrogens with zero attached hydrogens (tertiary/aromatic N) is 1. The number of carbonyl (C=O) groups is 1. The standard InChI is InChI=1S/C13H24N2O/c1-15(12-4-2-3-5-12)13(16)7-6-11-8-9-14-10-11/h11-12,14H,2-10H2,1H3. The highest BCUT2D eigenvalue weighted by Gasteiger charge is 2.24. The van der Waals surface area contributed by atoms with E-state index in [2.05, 4.69) is 5.32 Å². The number of hydrogen-bond donors (Lipinski definition) is 1. The van der Waals surface area contributed by atoms with E-state index in [4.69, 9.17) is 0 Å². The van der Waals surface area contributed by atoms with Crippen LogP contribution in [0.5, 0.6) is 0 Å². The lowest BCUT2D eigenvalue weighted by Gasteiger charge is -2.24. The SMILES string of the molecule is CN(C(=O)CCC1CCNC1)C1CCCC1. The fourth-order valence-corrected chi connectivity index (χ4v) is 2.96. The maximum absolute atomic E-state index is 12.0. The van der Waals surface area contributed by atoms with Crippen LogP contribution in [0.15, 0.2) is 0 Å². The van der Waals surface area contributed by atoms with E-state index in [9.17, 15) is 4.79 Å². The molecular formula is C13H24N2O. The molecular weight excluding hydrogens is 200 g/mol. The zero-order chi connectivity index (χ0) is 11.4. The van der Waals surface area contributed by atoms with Crippen LogP contribution in [0.3, 0.4) is 0 Å². The summed E-state index contributed by atoms with van der Waals surface area (Å²) in [6.07, 6.45) is 8.10. The van der Waals surface area contributed by atoms with Crippen molar-refractivity contribution in [3.63, 3.8) is 0 Å². The molecule has 1 heterocycles. The first-order valence-electron chi connectivity index (χ1n) is 6.74. The predicted octanol–water partition coefficient (Wildman–Crippen LogP) is 1.78. The summed E-state index contributed by atoms with van der Waals surface area (Å²) in [5, 5.41) is 3.36. The minimum Gasteiger partial charge on any atom is -0.343 e. The monoisotopic (exact) mass is 224 g/mol. The van der Waals surface area contributed by atoms with Crippen LogP contribution in [0.25, 0.3) is 0 Å². The van der Waals surface area contributed by atoms with Crippen LogP contribution >= 0.6 is 0 Å². The van der Waals surface area contributed by atoms with Crippen molar-refractivity contribution in [3.05, 3.63) is 0 Å². The molecule has 0 aromatic heterocycles. The Morgan fingerprint density at radius 1 is 1.31 bits per heavy atom. The Balaban J connectivity index is 1.69. The van der Waals surface area contributed by atoms with Crippen LogP contribution in [0.1, 0.15) is 44.9 Å². The third kappa shape index (κ3) is 2.97. The Kier molecular flexibility index (Phi) is 4.22. The van der Waals surface area contributed by atoms with Gasteiger partial charge in [0.25, 0.3) is 0 Å². The summed E-state index contributed by atoms with van der Waals surface area (Å²) in [6, 6.07) is 0.536. The molecule has 1 amide bonds. The van der Waals surface area contributed by atoms with Crippen molar-refractivity contribution >= 4 is 5.91 Å². The lowest BCUT2D eigenvalue weighted by Crippen LogP contribution is -2.35. The van der Waals surface area contributed by atoms with Gasteiger partial charge in [-0.15, -0.1) is 0 Å². The molecule has 0 aromatic rings. The van der Waals surface area contributed by atoms with Crippen molar-refractivity contribution in [2.75, 3.05) is 20.1 Å². The van der Waals surface area contributed by atoms with Gasteiger partial charge in [0.2, 0.25) is 5.91 Å². The molecule has 1 aliphatic carbocycles. The summed E-state index contributed by atoms with van der Waals surface area (Å²) in [7, 11) is 1.99. The van der Waals surface area contributed by atoms with Gasteiger partial charge in [0, 0.05) is 19.5 Å². The molecule has 1 saturated heterocycles. The zero-order valence-electron chi connectivity index (χ0n) is 10.4. The molecule has 1 N–H and O–H groups in total. The second kappa shape index (κ2) is 5.67. The van der Waals surface area contributed by atoms with Crippen molar-refractivity contribution in [2.45, 2.75) is 51.0 Å². The number of carbonyl (C=O) groups excluding carboxylic acids is 1. The van der Waals surface area contributed by atoms with E-state index in [0.717, 1.165) is 31.8 Å². The molecule has 0 radical (unpaired) electrons. The number of nitrogens with one attached hydrogen (secondary N) is 1. The zero-order valence-corrected chi connectivity index (χ0v) is 10.4. The van der Waals surface area contributed by atoms with Crippen molar-refractivity contribution in [1.29, 1.82) is 0 Å². The Morgan fingerprint density at radius 3 is 2.69 bits per heavy atom. The first-order valence-corrected chi connectivity index (χ1v) is 6.74. The second-order valence-corrected chi connectivity index (χ2v) is 5.34. The summed E-state index contributed by atoms with van der Waals surface area (Å²) in [4.78, 5) is 14.0. The minimum absolute atomic E-state index is 0.360. The lowest BCUT2D eigenvalue weighted by atomic mass is 10.0. The molecule has 2 fully saturated rings. The molecule has 0 bridgehead atoms. The number of rotatable bonds is 4. The predicted molar refractivity (Wildman–Crippen MR) is 65.2 cm³/mol. The van der Waals surface area contributed by atoms with Crippen LogP contribution in [-0.4, -0.2) is 37.0 Å². The van der Waals surface area contributed by atoms with Gasteiger partial charge in [-0.2, -0.15) is 0 Å². The van der Waals surface area contributed by atoms with Gasteiger partial charge in [-0.05, 0) is 44.7 Å². The second-order valence-electron chi connectivity index (χ2n) is 5.34. The van der Waals surface area contributed by atoms with Crippen LogP contribution in [0.4, 0.5) is 0 Å². The average Bonchev–Trinajstić information content (AvgIpc) is 2.96. The Morgan fingerprint density at radius 2 is 2.06 bits per heavy atom. The quantitative estimate of drug-likeness (QED) is 0.789. The van der Waals surface area contributed by atoms with Gasteiger partial charge in [-0.1, -0.05) is 12.8 Å². The molecule has 92 valence electrons. The maximum atomic E-state index is 12.0. The van der Waals surface area contributed by atoms with Crippen LogP contribution in [0, 0.1) is 5.92 Å². The van der Waals surface area contributed by atoms with Crippen molar-refractivity contribution in [2.24, 2.45) is 5.92 Å². The van der Waals surface area contributed by atoms with Gasteiger partial charge in [-0.3, -0.25) is 4.79 Å². The Labute approximate surface area is 98.6 Å². The largest absolute Gasteiger partial charge is 0.343 e. The molecule has 1 saturated carbocycles. The first kappa shape index (κ1) is 11.9. The first-order chi connectivity index (χ1) is 7.77. The normalized spacial score (nSPS) is 26.2. The summed E-state index contributed by atoms with van der Waals surface area (Å²) >= 11 is 0. The third-order valence-electron chi connectivity index (χ3n) is 4.19. The topological polar surface area (TPSA) is 32.3 Å². The molecule has 0 spiro atoms. The fraction of sp³-hybridized carbons (Fsp3) is 0.923. The van der Waals surface area contributed by atoms with Gasteiger partial charge in [0.1, 0.15) is 0 Å². The van der Waals surface area contributed by atoms with Crippen LogP contribution < -0.4 is 5.32 Å². The van der Waals surface area contributed by atoms with E-state index >= 15 is 0 Å². The Hall–Kier alpha value is -0.570. The van der Waals surface area contributed by atoms with Gasteiger partial charge in [0.15, 0.2) is 0 Å². The van der Waals surface area contributed by atoms with E-state index in [0.29, 0.717) is 11.9 Å². The molecule has 3 nitrogen and oxygen atoms in total. The van der Waals surface area contributed by atoms with Crippen molar-refractivity contribution in [3.8, 4) is 0 Å². The molecule has 16 heavy (non-hydrogen) atoms. The fourth-order valence-electron chi connectivity index (χ4n) is 2.96. The Bertz CT molecular complexity index is 230. The van der Waals surface area contributed by atoms with E-state index in [1.54, 1.807) is 0 Å². The number of amides is 1. The van der Waals surface area contributed by atoms with Gasteiger partial charge in [-0.25, -0.2) is 0 Å². The minimum atomic E-state index is 0.360. The average molecular weight is 224 g/mol. The summed E-state index contributed by atoms with van der Waals surface area (Å²) in [5.41, 5.74) is 0. The van der Waals surface area contributed by atoms with E-state index in [1.807, 2.05) is 11.9 Å². The van der Waals surface area contributed by atoms with Gasteiger partial charge >= 0.3 is 0 Å². The summed E-state index contributed by atoms with van der Waals surface area (Å²) in [5.74, 6) is 1.10. The van der Waals surface area contributed by atoms with Gasteiger partial charge < -0.3 is 10.2 Å². The molecule has 2 aliphatic rings. The van der Waals surface area contributed by atoms with Gasteiger partial charge in [0.05, 0.1) is 0 Å². The number of hydrogen-bond acceptors (Lipinski definition) is 2. The van der Waals surface area contributed by atoms with Crippen LogP contribution in [0.2, 0.25) is 0 Å². The third-order valence-corrected chi connectivity index (χ3v) is 4.19. The molecule has 1 atom stereocenters. The van der Waals surface area contributed by atoms with E-state index in [1.165, 1.54) is 32.1 Å².